The highest BCUT2D eigenvalue weighted by molar-refractivity contribution is 5.96. The Morgan fingerprint density at radius 3 is 3.00 bits per heavy atom. The summed E-state index contributed by atoms with van der Waals surface area (Å²) in [5, 5.41) is 20.8. The summed E-state index contributed by atoms with van der Waals surface area (Å²) in [6.45, 7) is 3.66. The first-order valence-corrected chi connectivity index (χ1v) is 7.68. The van der Waals surface area contributed by atoms with Crippen molar-refractivity contribution in [1.82, 2.24) is 24.9 Å². The van der Waals surface area contributed by atoms with E-state index >= 15 is 0 Å². The molecule has 2 aromatic heterocycles. The van der Waals surface area contributed by atoms with Crippen molar-refractivity contribution in [2.45, 2.75) is 45.4 Å². The van der Waals surface area contributed by atoms with Gasteiger partial charge < -0.3 is 10.0 Å². The lowest BCUT2D eigenvalue weighted by Gasteiger charge is -2.28. The highest BCUT2D eigenvalue weighted by atomic mass is 16.3. The summed E-state index contributed by atoms with van der Waals surface area (Å²) in [5.74, 6) is 0.492. The molecule has 0 spiro atoms. The van der Waals surface area contributed by atoms with Crippen molar-refractivity contribution in [3.05, 3.63) is 34.4 Å². The number of aromatic nitrogens is 4. The van der Waals surface area contributed by atoms with Gasteiger partial charge in [-0.1, -0.05) is 0 Å². The maximum Gasteiger partial charge on any atom is 0.258 e. The average molecular weight is 301 g/mol. The van der Waals surface area contributed by atoms with Crippen LogP contribution in [0.5, 0.6) is 0 Å². The summed E-state index contributed by atoms with van der Waals surface area (Å²) < 4.78 is 1.87. The number of aryl methyl sites for hydroxylation is 1. The van der Waals surface area contributed by atoms with Crippen LogP contribution in [-0.4, -0.2) is 42.4 Å². The minimum Gasteiger partial charge on any atom is -0.390 e. The maximum atomic E-state index is 12.9. The van der Waals surface area contributed by atoms with Gasteiger partial charge in [0.2, 0.25) is 0 Å². The predicted octanol–water partition coefficient (Wildman–Crippen LogP) is 0.940. The molecule has 0 aromatic carbocycles. The number of fused-ring (bicyclic) bond motifs is 1. The van der Waals surface area contributed by atoms with E-state index < -0.39 is 0 Å². The molecule has 2 N–H and O–H groups in total. The third-order valence-corrected chi connectivity index (χ3v) is 4.45. The van der Waals surface area contributed by atoms with E-state index in [-0.39, 0.29) is 12.5 Å². The van der Waals surface area contributed by atoms with E-state index in [2.05, 4.69) is 15.3 Å². The molecule has 0 unspecified atom stereocenters. The topological polar surface area (TPSA) is 87.0 Å². The fraction of sp³-hybridized carbons (Fsp3) is 0.533. The van der Waals surface area contributed by atoms with Crippen molar-refractivity contribution in [3.63, 3.8) is 0 Å². The van der Waals surface area contributed by atoms with E-state index in [1.165, 1.54) is 0 Å². The van der Waals surface area contributed by atoms with E-state index in [1.807, 2.05) is 22.6 Å². The number of carbonyl (C=O) groups excluding carboxylic acids is 1. The molecule has 1 aliphatic heterocycles. The van der Waals surface area contributed by atoms with Crippen LogP contribution in [0.3, 0.4) is 0 Å². The molecular weight excluding hydrogens is 282 g/mol. The molecule has 1 fully saturated rings. The van der Waals surface area contributed by atoms with E-state index in [0.717, 1.165) is 35.5 Å². The van der Waals surface area contributed by atoms with Gasteiger partial charge in [-0.05, 0) is 25.8 Å². The number of H-pyrrole nitrogens is 1. The Bertz CT molecular complexity index is 728. The predicted molar refractivity (Wildman–Crippen MR) is 78.2 cm³/mol. The third-order valence-electron chi connectivity index (χ3n) is 4.45. The van der Waals surface area contributed by atoms with E-state index in [1.54, 1.807) is 0 Å². The smallest absolute Gasteiger partial charge is 0.258 e. The van der Waals surface area contributed by atoms with Crippen LogP contribution >= 0.6 is 0 Å². The van der Waals surface area contributed by atoms with E-state index in [4.69, 9.17) is 0 Å². The minimum atomic E-state index is -0.0688. The number of carbonyl (C=O) groups is 1. The quantitative estimate of drug-likeness (QED) is 0.883. The van der Waals surface area contributed by atoms with Gasteiger partial charge in [0.25, 0.3) is 5.91 Å². The van der Waals surface area contributed by atoms with Crippen LogP contribution in [0.4, 0.5) is 0 Å². The van der Waals surface area contributed by atoms with Crippen molar-refractivity contribution in [3.8, 4) is 0 Å². The van der Waals surface area contributed by atoms with Crippen LogP contribution < -0.4 is 0 Å². The Balaban J connectivity index is 1.60. The molecule has 7 nitrogen and oxygen atoms in total. The van der Waals surface area contributed by atoms with Crippen LogP contribution in [0.2, 0.25) is 0 Å². The molecule has 1 aliphatic carbocycles. The Hall–Kier alpha value is -2.15. The van der Waals surface area contributed by atoms with Gasteiger partial charge in [-0.15, -0.1) is 0 Å². The molecule has 7 heteroatoms. The Morgan fingerprint density at radius 2 is 2.27 bits per heavy atom. The number of nitrogens with one attached hydrogen (secondary N) is 1. The van der Waals surface area contributed by atoms with Crippen molar-refractivity contribution in [2.75, 3.05) is 6.54 Å². The second-order valence-corrected chi connectivity index (χ2v) is 6.12. The standard InChI is InChI=1S/C15H19N5O2/c1-9-13(14(17-16-9)10-2-3-10)15(22)19-4-5-20-12(7-19)6-11(8-21)18-20/h6,10,21H,2-5,7-8H2,1H3,(H,16,17). The van der Waals surface area contributed by atoms with Crippen LogP contribution in [0, 0.1) is 6.92 Å². The molecule has 0 bridgehead atoms. The zero-order valence-electron chi connectivity index (χ0n) is 12.5. The Labute approximate surface area is 127 Å². The zero-order valence-corrected chi connectivity index (χ0v) is 12.5. The van der Waals surface area contributed by atoms with Gasteiger partial charge in [-0.25, -0.2) is 0 Å². The number of hydrogen-bond donors (Lipinski definition) is 2. The Morgan fingerprint density at radius 1 is 1.45 bits per heavy atom. The van der Waals surface area contributed by atoms with Crippen molar-refractivity contribution in [2.24, 2.45) is 0 Å². The van der Waals surface area contributed by atoms with Gasteiger partial charge >= 0.3 is 0 Å². The maximum absolute atomic E-state index is 12.9. The first-order valence-electron chi connectivity index (χ1n) is 7.68. The zero-order chi connectivity index (χ0) is 15.3. The summed E-state index contributed by atoms with van der Waals surface area (Å²) in [4.78, 5) is 14.8. The summed E-state index contributed by atoms with van der Waals surface area (Å²) in [6, 6.07) is 1.86. The first-order chi connectivity index (χ1) is 10.7. The number of nitrogens with zero attached hydrogens (tertiary/aromatic N) is 4. The van der Waals surface area contributed by atoms with Crippen LogP contribution in [0.15, 0.2) is 6.07 Å². The van der Waals surface area contributed by atoms with E-state index in [0.29, 0.717) is 31.2 Å². The second kappa shape index (κ2) is 4.95. The summed E-state index contributed by atoms with van der Waals surface area (Å²) >= 11 is 0. The Kier molecular flexibility index (Phi) is 3.04. The molecule has 22 heavy (non-hydrogen) atoms. The molecular formula is C15H19N5O2. The van der Waals surface area contributed by atoms with Gasteiger partial charge in [0.1, 0.15) is 0 Å². The number of rotatable bonds is 3. The molecule has 2 aromatic rings. The lowest BCUT2D eigenvalue weighted by molar-refractivity contribution is 0.0704. The van der Waals surface area contributed by atoms with Crippen LogP contribution in [-0.2, 0) is 19.7 Å². The number of hydrogen-bond acceptors (Lipinski definition) is 4. The fourth-order valence-corrected chi connectivity index (χ4v) is 3.10. The summed E-state index contributed by atoms with van der Waals surface area (Å²) in [6.07, 6.45) is 2.24. The molecule has 1 amide bonds. The lowest BCUT2D eigenvalue weighted by atomic mass is 10.1. The third kappa shape index (κ3) is 2.12. The lowest BCUT2D eigenvalue weighted by Crippen LogP contribution is -2.38. The van der Waals surface area contributed by atoms with Gasteiger partial charge in [-0.3, -0.25) is 14.6 Å². The summed E-state index contributed by atoms with van der Waals surface area (Å²) in [5.41, 5.74) is 4.15. The molecule has 4 rings (SSSR count). The average Bonchev–Trinajstić information content (AvgIpc) is 3.17. The van der Waals surface area contributed by atoms with Crippen molar-refractivity contribution >= 4 is 5.91 Å². The van der Waals surface area contributed by atoms with Crippen molar-refractivity contribution < 1.29 is 9.90 Å². The molecule has 0 atom stereocenters. The van der Waals surface area contributed by atoms with E-state index in [9.17, 15) is 9.90 Å². The number of aromatic amines is 1. The SMILES string of the molecule is Cc1[nH]nc(C2CC2)c1C(=O)N1CCn2nc(CO)cc2C1. The molecule has 3 heterocycles. The highest BCUT2D eigenvalue weighted by Crippen LogP contribution is 2.41. The van der Waals surface area contributed by atoms with Crippen LogP contribution in [0.25, 0.3) is 0 Å². The normalized spacial score (nSPS) is 17.6. The molecule has 0 radical (unpaired) electrons. The first kappa shape index (κ1) is 13.5. The van der Waals surface area contributed by atoms with Gasteiger partial charge in [0, 0.05) is 18.2 Å². The van der Waals surface area contributed by atoms with Gasteiger partial charge in [0.15, 0.2) is 0 Å². The molecule has 0 saturated heterocycles. The highest BCUT2D eigenvalue weighted by Gasteiger charge is 2.34. The largest absolute Gasteiger partial charge is 0.390 e. The fourth-order valence-electron chi connectivity index (χ4n) is 3.10. The molecule has 1 saturated carbocycles. The van der Waals surface area contributed by atoms with Crippen molar-refractivity contribution in [1.29, 1.82) is 0 Å². The number of aliphatic hydroxyl groups excluding tert-OH is 1. The number of aliphatic hydroxyl groups is 1. The molecule has 116 valence electrons. The van der Waals surface area contributed by atoms with Gasteiger partial charge in [0.05, 0.1) is 42.3 Å². The molecule has 2 aliphatic rings. The van der Waals surface area contributed by atoms with Gasteiger partial charge in [-0.2, -0.15) is 10.2 Å². The minimum absolute atomic E-state index is 0.0474. The second-order valence-electron chi connectivity index (χ2n) is 6.12. The summed E-state index contributed by atoms with van der Waals surface area (Å²) in [7, 11) is 0. The van der Waals surface area contributed by atoms with Crippen LogP contribution in [0.1, 0.15) is 51.9 Å². The monoisotopic (exact) mass is 301 g/mol. The number of amides is 1.